The lowest BCUT2D eigenvalue weighted by Crippen LogP contribution is -2.37. The number of nitrogens with one attached hydrogen (secondary N) is 1. The summed E-state index contributed by atoms with van der Waals surface area (Å²) in [5.41, 5.74) is 3.38. The number of piperidine rings is 1. The summed E-state index contributed by atoms with van der Waals surface area (Å²) < 4.78 is 0. The number of thiophene rings is 2. The average Bonchev–Trinajstić information content (AvgIpc) is 3.72. The second-order valence-corrected chi connectivity index (χ2v) is 14.0. The number of amides is 1. The van der Waals surface area contributed by atoms with Crippen LogP contribution in [0.5, 0.6) is 5.75 Å². The molecule has 11 heteroatoms. The molecule has 0 spiro atoms. The summed E-state index contributed by atoms with van der Waals surface area (Å²) in [6.45, 7) is 5.35. The molecule has 7 nitrogen and oxygen atoms in total. The van der Waals surface area contributed by atoms with Gasteiger partial charge >= 0.3 is 0 Å². The van der Waals surface area contributed by atoms with Gasteiger partial charge < -0.3 is 15.3 Å². The number of rotatable bonds is 13. The molecule has 2 aromatic carbocycles. The smallest absolute Gasteiger partial charge is 0.251 e. The highest BCUT2D eigenvalue weighted by Gasteiger charge is 2.18. The zero-order valence-corrected chi connectivity index (χ0v) is 28.6. The first-order chi connectivity index (χ1) is 22.2. The molecule has 1 aliphatic heterocycles. The van der Waals surface area contributed by atoms with Crippen LogP contribution >= 0.6 is 45.9 Å². The van der Waals surface area contributed by atoms with Crippen LogP contribution in [-0.4, -0.2) is 65.9 Å². The lowest BCUT2D eigenvalue weighted by molar-refractivity contribution is 0.0944. The zero-order chi connectivity index (χ0) is 32.6. The van der Waals surface area contributed by atoms with Crippen LogP contribution in [0.3, 0.4) is 0 Å². The number of nitrogens with zero attached hydrogens (tertiary/aromatic N) is 2. The first-order valence-electron chi connectivity index (χ1n) is 15.2. The molecule has 5 rings (SSSR count). The Morgan fingerprint density at radius 3 is 2.37 bits per heavy atom. The van der Waals surface area contributed by atoms with Gasteiger partial charge in [0.2, 0.25) is 0 Å². The van der Waals surface area contributed by atoms with Crippen LogP contribution in [-0.2, 0) is 6.42 Å². The van der Waals surface area contributed by atoms with E-state index in [4.69, 9.17) is 23.2 Å². The molecule has 0 aliphatic carbocycles. The minimum absolute atomic E-state index is 0.0405. The van der Waals surface area contributed by atoms with E-state index in [-0.39, 0.29) is 29.8 Å². The van der Waals surface area contributed by atoms with Crippen molar-refractivity contribution in [1.82, 2.24) is 10.2 Å². The molecule has 3 heterocycles. The normalized spacial score (nSPS) is 13.9. The summed E-state index contributed by atoms with van der Waals surface area (Å²) in [7, 11) is 0. The molecule has 0 bridgehead atoms. The first-order valence-corrected chi connectivity index (χ1v) is 17.7. The maximum absolute atomic E-state index is 12.9. The number of ketones is 2. The number of halogens is 2. The van der Waals surface area contributed by atoms with Gasteiger partial charge in [0.05, 0.1) is 24.7 Å². The number of aryl methyl sites for hydroxylation is 1. The molecule has 1 fully saturated rings. The lowest BCUT2D eigenvalue weighted by Gasteiger charge is -2.26. The predicted octanol–water partition coefficient (Wildman–Crippen LogP) is 8.21. The zero-order valence-electron chi connectivity index (χ0n) is 25.5. The van der Waals surface area contributed by atoms with E-state index in [2.05, 4.69) is 15.2 Å². The van der Waals surface area contributed by atoms with E-state index in [0.29, 0.717) is 60.9 Å². The molecule has 0 radical (unpaired) electrons. The molecule has 1 aliphatic rings. The maximum Gasteiger partial charge on any atom is 0.251 e. The summed E-state index contributed by atoms with van der Waals surface area (Å²) in [6.07, 6.45) is 4.58. The Kier molecular flexibility index (Phi) is 11.8. The van der Waals surface area contributed by atoms with E-state index in [1.807, 2.05) is 12.1 Å². The molecule has 240 valence electrons. The van der Waals surface area contributed by atoms with Crippen LogP contribution in [0.15, 0.2) is 65.0 Å². The minimum atomic E-state index is -0.201. The number of hydrogen-bond donors (Lipinski definition) is 2. The van der Waals surface area contributed by atoms with Crippen molar-refractivity contribution < 1.29 is 19.5 Å². The summed E-state index contributed by atoms with van der Waals surface area (Å²) in [4.78, 5) is 46.7. The van der Waals surface area contributed by atoms with E-state index in [9.17, 15) is 19.5 Å². The first kappa shape index (κ1) is 34.0. The van der Waals surface area contributed by atoms with Crippen molar-refractivity contribution >= 4 is 69.1 Å². The van der Waals surface area contributed by atoms with Crippen LogP contribution in [0.1, 0.15) is 73.4 Å². The van der Waals surface area contributed by atoms with Gasteiger partial charge in [0, 0.05) is 41.7 Å². The molecule has 1 amide bonds. The Labute approximate surface area is 286 Å². The topological polar surface area (TPSA) is 99.1 Å². The van der Waals surface area contributed by atoms with Gasteiger partial charge in [-0.3, -0.25) is 19.4 Å². The molecule has 4 aromatic rings. The number of Topliss-reactive ketones (excluding diaryl/α,β-unsaturated/α-hetero) is 2. The predicted molar refractivity (Wildman–Crippen MR) is 189 cm³/mol. The third-order valence-electron chi connectivity index (χ3n) is 7.97. The van der Waals surface area contributed by atoms with Crippen molar-refractivity contribution in [3.05, 3.63) is 96.5 Å². The van der Waals surface area contributed by atoms with Crippen LogP contribution < -0.4 is 5.32 Å². The standard InChI is InChI=1S/C35H35Cl2N3O4S2/c1-22(26-21-45-34(33(26)43)25-10-11-27(36)28(37)19-25)39-20-30(42)32-14-13-31(46-32)29(41)12-7-23-5-8-24(9-6-23)35(44)38-15-18-40-16-3-2-4-17-40/h5-6,8-11,13-14,19,21,43H,2-4,7,12,15-18,20H2,1H3,(H,38,44). The Morgan fingerprint density at radius 2 is 1.65 bits per heavy atom. The van der Waals surface area contributed by atoms with E-state index in [0.717, 1.165) is 30.8 Å². The van der Waals surface area contributed by atoms with Crippen molar-refractivity contribution in [3.63, 3.8) is 0 Å². The van der Waals surface area contributed by atoms with Gasteiger partial charge in [-0.2, -0.15) is 0 Å². The minimum Gasteiger partial charge on any atom is -0.506 e. The lowest BCUT2D eigenvalue weighted by atomic mass is 10.0. The second-order valence-electron chi connectivity index (χ2n) is 11.2. The molecule has 46 heavy (non-hydrogen) atoms. The van der Waals surface area contributed by atoms with Crippen LogP contribution in [0.2, 0.25) is 10.0 Å². The van der Waals surface area contributed by atoms with Crippen molar-refractivity contribution in [3.8, 4) is 16.2 Å². The van der Waals surface area contributed by atoms with Crippen LogP contribution in [0, 0.1) is 0 Å². The quantitative estimate of drug-likeness (QED) is 0.109. The fourth-order valence-corrected chi connectivity index (χ4v) is 7.46. The fourth-order valence-electron chi connectivity index (χ4n) is 5.26. The van der Waals surface area contributed by atoms with Crippen molar-refractivity contribution in [2.45, 2.75) is 39.0 Å². The van der Waals surface area contributed by atoms with Gasteiger partial charge in [0.15, 0.2) is 11.6 Å². The van der Waals surface area contributed by atoms with E-state index < -0.39 is 0 Å². The molecule has 1 saturated heterocycles. The molecular weight excluding hydrogens is 661 g/mol. The SMILES string of the molecule is CC(=NCC(=O)c1ccc(C(=O)CCc2ccc(C(=O)NCCN3CCCCC3)cc2)s1)c1csc(-c2ccc(Cl)c(Cl)c2)c1O. The summed E-state index contributed by atoms with van der Waals surface area (Å²) in [5, 5.41) is 16.4. The fraction of sp³-hybridized carbons (Fsp3) is 0.314. The number of benzene rings is 2. The molecule has 0 unspecified atom stereocenters. The molecular formula is C35H35Cl2N3O4S2. The second kappa shape index (κ2) is 16.0. The van der Waals surface area contributed by atoms with Crippen molar-refractivity contribution in [1.29, 1.82) is 0 Å². The maximum atomic E-state index is 12.9. The number of carbonyl (C=O) groups excluding carboxylic acids is 3. The summed E-state index contributed by atoms with van der Waals surface area (Å²) in [5.74, 6) is -0.258. The van der Waals surface area contributed by atoms with Gasteiger partial charge in [-0.15, -0.1) is 22.7 Å². The van der Waals surface area contributed by atoms with Gasteiger partial charge in [-0.05, 0) is 86.8 Å². The van der Waals surface area contributed by atoms with Gasteiger partial charge in [0.25, 0.3) is 5.91 Å². The van der Waals surface area contributed by atoms with Crippen LogP contribution in [0.4, 0.5) is 0 Å². The number of hydrogen-bond acceptors (Lipinski definition) is 8. The van der Waals surface area contributed by atoms with Crippen molar-refractivity contribution in [2.24, 2.45) is 4.99 Å². The third-order valence-corrected chi connectivity index (χ3v) is 10.9. The number of likely N-dealkylation sites (tertiary alicyclic amines) is 1. The number of aliphatic imine (C=N–C) groups is 1. The highest BCUT2D eigenvalue weighted by atomic mass is 35.5. The van der Waals surface area contributed by atoms with E-state index in [1.165, 1.54) is 41.9 Å². The van der Waals surface area contributed by atoms with E-state index >= 15 is 0 Å². The largest absolute Gasteiger partial charge is 0.506 e. The Hall–Kier alpha value is -3.34. The molecule has 0 saturated carbocycles. The highest BCUT2D eigenvalue weighted by Crippen LogP contribution is 2.40. The molecule has 2 aromatic heterocycles. The van der Waals surface area contributed by atoms with Gasteiger partial charge in [0.1, 0.15) is 12.3 Å². The Balaban J connectivity index is 1.09. The Morgan fingerprint density at radius 1 is 0.935 bits per heavy atom. The summed E-state index contributed by atoms with van der Waals surface area (Å²) >= 11 is 14.7. The van der Waals surface area contributed by atoms with Crippen molar-refractivity contribution in [2.75, 3.05) is 32.7 Å². The highest BCUT2D eigenvalue weighted by molar-refractivity contribution is 7.16. The number of aromatic hydroxyl groups is 1. The third kappa shape index (κ3) is 8.72. The van der Waals surface area contributed by atoms with Gasteiger partial charge in [-0.25, -0.2) is 0 Å². The van der Waals surface area contributed by atoms with Crippen LogP contribution in [0.25, 0.3) is 10.4 Å². The van der Waals surface area contributed by atoms with E-state index in [1.54, 1.807) is 54.8 Å². The monoisotopic (exact) mass is 695 g/mol. The van der Waals surface area contributed by atoms with Gasteiger partial charge in [-0.1, -0.05) is 47.8 Å². The average molecular weight is 697 g/mol. The molecule has 0 atom stereocenters. The Bertz CT molecular complexity index is 1740. The number of carbonyl (C=O) groups is 3. The summed E-state index contributed by atoms with van der Waals surface area (Å²) in [6, 6.07) is 15.9. The molecule has 2 N–H and O–H groups in total.